The maximum atomic E-state index is 12.3. The molecule has 1 N–H and O–H groups in total. The fourth-order valence-corrected chi connectivity index (χ4v) is 2.11. The molecule has 1 atom stereocenters. The fourth-order valence-electron chi connectivity index (χ4n) is 2.11. The molecule has 1 unspecified atom stereocenters. The minimum Gasteiger partial charge on any atom is -0.489 e. The number of hydrogen-bond acceptors (Lipinski definition) is 3. The van der Waals surface area contributed by atoms with Gasteiger partial charge in [-0.15, -0.1) is 0 Å². The van der Waals surface area contributed by atoms with E-state index in [-0.39, 0.29) is 12.0 Å². The van der Waals surface area contributed by atoms with Crippen molar-refractivity contribution in [3.63, 3.8) is 0 Å². The first kappa shape index (κ1) is 16.9. The van der Waals surface area contributed by atoms with Gasteiger partial charge in [0.1, 0.15) is 11.5 Å². The highest BCUT2D eigenvalue weighted by Gasteiger charge is 2.17. The van der Waals surface area contributed by atoms with Crippen LogP contribution >= 0.6 is 0 Å². The molecule has 0 radical (unpaired) electrons. The second kappa shape index (κ2) is 7.68. The Bertz CT molecular complexity index is 667. The number of amides is 1. The van der Waals surface area contributed by atoms with E-state index in [0.29, 0.717) is 17.2 Å². The van der Waals surface area contributed by atoms with E-state index in [2.05, 4.69) is 5.32 Å². The molecule has 0 spiro atoms. The molecule has 122 valence electrons. The van der Waals surface area contributed by atoms with Gasteiger partial charge in [-0.05, 0) is 57.5 Å². The van der Waals surface area contributed by atoms with Gasteiger partial charge in [0, 0.05) is 0 Å². The third kappa shape index (κ3) is 5.02. The van der Waals surface area contributed by atoms with Crippen LogP contribution in [0.4, 0.5) is 5.69 Å². The lowest BCUT2D eigenvalue weighted by molar-refractivity contribution is -0.122. The van der Waals surface area contributed by atoms with Crippen molar-refractivity contribution in [3.8, 4) is 11.5 Å². The van der Waals surface area contributed by atoms with Gasteiger partial charge in [0.15, 0.2) is 6.10 Å². The van der Waals surface area contributed by atoms with E-state index in [1.54, 1.807) is 6.92 Å². The van der Waals surface area contributed by atoms with Crippen molar-refractivity contribution in [2.45, 2.75) is 39.9 Å². The fraction of sp³-hybridized carbons (Fsp3) is 0.316. The lowest BCUT2D eigenvalue weighted by Gasteiger charge is -2.18. The number of ether oxygens (including phenoxy) is 2. The summed E-state index contributed by atoms with van der Waals surface area (Å²) in [7, 11) is 0. The quantitative estimate of drug-likeness (QED) is 0.870. The summed E-state index contributed by atoms with van der Waals surface area (Å²) in [5.74, 6) is 1.12. The molecule has 2 aromatic rings. The first-order valence-electron chi connectivity index (χ1n) is 7.75. The molecule has 0 saturated carbocycles. The standard InChI is InChI=1S/C19H23NO3/c1-13(2)22-18-11-6-5-10-17(18)20-19(21)15(4)23-16-9-7-8-14(3)12-16/h5-13,15H,1-4H3,(H,20,21). The SMILES string of the molecule is Cc1cccc(OC(C)C(=O)Nc2ccccc2OC(C)C)c1. The van der Waals surface area contributed by atoms with Crippen molar-refractivity contribution in [1.82, 2.24) is 0 Å². The lowest BCUT2D eigenvalue weighted by Crippen LogP contribution is -2.30. The van der Waals surface area contributed by atoms with E-state index in [1.165, 1.54) is 0 Å². The molecule has 0 bridgehead atoms. The van der Waals surface area contributed by atoms with E-state index in [9.17, 15) is 4.79 Å². The molecule has 0 aromatic heterocycles. The van der Waals surface area contributed by atoms with Gasteiger partial charge in [0.2, 0.25) is 0 Å². The van der Waals surface area contributed by atoms with Gasteiger partial charge in [-0.3, -0.25) is 4.79 Å². The zero-order valence-electron chi connectivity index (χ0n) is 14.0. The van der Waals surface area contributed by atoms with E-state index >= 15 is 0 Å². The van der Waals surface area contributed by atoms with Crippen molar-refractivity contribution in [2.75, 3.05) is 5.32 Å². The second-order valence-corrected chi connectivity index (χ2v) is 5.73. The number of carbonyl (C=O) groups is 1. The average molecular weight is 313 g/mol. The normalized spacial score (nSPS) is 11.9. The Morgan fingerprint density at radius 1 is 1.00 bits per heavy atom. The van der Waals surface area contributed by atoms with Crippen LogP contribution < -0.4 is 14.8 Å². The number of rotatable bonds is 6. The first-order chi connectivity index (χ1) is 11.0. The van der Waals surface area contributed by atoms with E-state index in [1.807, 2.05) is 69.3 Å². The highest BCUT2D eigenvalue weighted by molar-refractivity contribution is 5.95. The van der Waals surface area contributed by atoms with E-state index < -0.39 is 6.10 Å². The molecule has 1 amide bonds. The van der Waals surface area contributed by atoms with Gasteiger partial charge in [0.25, 0.3) is 5.91 Å². The van der Waals surface area contributed by atoms with Crippen LogP contribution in [-0.2, 0) is 4.79 Å². The van der Waals surface area contributed by atoms with Gasteiger partial charge in [-0.2, -0.15) is 0 Å². The molecular weight excluding hydrogens is 290 g/mol. The summed E-state index contributed by atoms with van der Waals surface area (Å²) in [4.78, 5) is 12.3. The van der Waals surface area contributed by atoms with Gasteiger partial charge >= 0.3 is 0 Å². The largest absolute Gasteiger partial charge is 0.489 e. The number of hydrogen-bond donors (Lipinski definition) is 1. The van der Waals surface area contributed by atoms with Crippen LogP contribution in [0.1, 0.15) is 26.3 Å². The summed E-state index contributed by atoms with van der Waals surface area (Å²) in [5.41, 5.74) is 1.73. The zero-order chi connectivity index (χ0) is 16.8. The summed E-state index contributed by atoms with van der Waals surface area (Å²) >= 11 is 0. The van der Waals surface area contributed by atoms with Crippen LogP contribution in [0.15, 0.2) is 48.5 Å². The number of para-hydroxylation sites is 2. The minimum atomic E-state index is -0.607. The van der Waals surface area contributed by atoms with Crippen molar-refractivity contribution in [3.05, 3.63) is 54.1 Å². The summed E-state index contributed by atoms with van der Waals surface area (Å²) in [6, 6.07) is 15.0. The highest BCUT2D eigenvalue weighted by atomic mass is 16.5. The van der Waals surface area contributed by atoms with Gasteiger partial charge < -0.3 is 14.8 Å². The van der Waals surface area contributed by atoms with E-state index in [0.717, 1.165) is 5.56 Å². The predicted molar refractivity (Wildman–Crippen MR) is 92.1 cm³/mol. The molecule has 23 heavy (non-hydrogen) atoms. The van der Waals surface area contributed by atoms with Crippen LogP contribution in [0, 0.1) is 6.92 Å². The van der Waals surface area contributed by atoms with Crippen LogP contribution in [0.25, 0.3) is 0 Å². The Balaban J connectivity index is 2.04. The predicted octanol–water partition coefficient (Wildman–Crippen LogP) is 4.19. The third-order valence-corrected chi connectivity index (χ3v) is 3.18. The number of carbonyl (C=O) groups excluding carboxylic acids is 1. The topological polar surface area (TPSA) is 47.6 Å². The molecule has 2 rings (SSSR count). The zero-order valence-corrected chi connectivity index (χ0v) is 14.0. The molecule has 0 aliphatic heterocycles. The van der Waals surface area contributed by atoms with Crippen LogP contribution in [0.3, 0.4) is 0 Å². The van der Waals surface area contributed by atoms with Crippen molar-refractivity contribution in [2.24, 2.45) is 0 Å². The van der Waals surface area contributed by atoms with Crippen LogP contribution in [0.2, 0.25) is 0 Å². The Morgan fingerprint density at radius 3 is 2.43 bits per heavy atom. The maximum absolute atomic E-state index is 12.3. The summed E-state index contributed by atoms with van der Waals surface area (Å²) in [5, 5.41) is 2.86. The Kier molecular flexibility index (Phi) is 5.63. The molecule has 0 aliphatic carbocycles. The molecule has 0 saturated heterocycles. The van der Waals surface area contributed by atoms with Gasteiger partial charge in [-0.1, -0.05) is 24.3 Å². The monoisotopic (exact) mass is 313 g/mol. The molecule has 2 aromatic carbocycles. The second-order valence-electron chi connectivity index (χ2n) is 5.73. The van der Waals surface area contributed by atoms with Crippen molar-refractivity contribution in [1.29, 1.82) is 0 Å². The summed E-state index contributed by atoms with van der Waals surface area (Å²) in [6.07, 6.45) is -0.571. The summed E-state index contributed by atoms with van der Waals surface area (Å²) < 4.78 is 11.4. The summed E-state index contributed by atoms with van der Waals surface area (Å²) in [6.45, 7) is 7.60. The molecule has 0 fully saturated rings. The molecule has 4 nitrogen and oxygen atoms in total. The Hall–Kier alpha value is -2.49. The van der Waals surface area contributed by atoms with Crippen LogP contribution in [0.5, 0.6) is 11.5 Å². The Morgan fingerprint density at radius 2 is 1.74 bits per heavy atom. The number of benzene rings is 2. The van der Waals surface area contributed by atoms with E-state index in [4.69, 9.17) is 9.47 Å². The molecule has 0 heterocycles. The van der Waals surface area contributed by atoms with Crippen LogP contribution in [-0.4, -0.2) is 18.1 Å². The number of nitrogens with one attached hydrogen (secondary N) is 1. The number of anilines is 1. The van der Waals surface area contributed by atoms with Crippen molar-refractivity contribution < 1.29 is 14.3 Å². The lowest BCUT2D eigenvalue weighted by atomic mass is 10.2. The van der Waals surface area contributed by atoms with Crippen molar-refractivity contribution >= 4 is 11.6 Å². The smallest absolute Gasteiger partial charge is 0.265 e. The first-order valence-corrected chi connectivity index (χ1v) is 7.75. The van der Waals surface area contributed by atoms with Gasteiger partial charge in [0.05, 0.1) is 11.8 Å². The Labute approximate surface area is 137 Å². The third-order valence-electron chi connectivity index (χ3n) is 3.18. The molecular formula is C19H23NO3. The van der Waals surface area contributed by atoms with Gasteiger partial charge in [-0.25, -0.2) is 0 Å². The molecule has 4 heteroatoms. The maximum Gasteiger partial charge on any atom is 0.265 e. The number of aryl methyl sites for hydroxylation is 1. The highest BCUT2D eigenvalue weighted by Crippen LogP contribution is 2.25. The minimum absolute atomic E-state index is 0.0361. The average Bonchev–Trinajstić information content (AvgIpc) is 2.48. The molecule has 0 aliphatic rings.